The summed E-state index contributed by atoms with van der Waals surface area (Å²) >= 11 is 0. The highest BCUT2D eigenvalue weighted by molar-refractivity contribution is 5.90. The Morgan fingerprint density at radius 1 is 1.17 bits per heavy atom. The normalized spacial score (nSPS) is 12.9. The minimum absolute atomic E-state index is 0.0721. The molecule has 0 spiro atoms. The van der Waals surface area contributed by atoms with Crippen LogP contribution in [-0.4, -0.2) is 29.4 Å². The van der Waals surface area contributed by atoms with Crippen molar-refractivity contribution in [2.75, 3.05) is 6.54 Å². The van der Waals surface area contributed by atoms with Gasteiger partial charge in [0.05, 0.1) is 4.92 Å². The first kappa shape index (κ1) is 21.8. The number of nitro groups is 1. The number of rotatable bonds is 9. The minimum atomic E-state index is -0.953. The number of nitrogens with one attached hydrogen (secondary N) is 1. The molecule has 0 aliphatic carbocycles. The van der Waals surface area contributed by atoms with Gasteiger partial charge in [0, 0.05) is 30.7 Å². The third kappa shape index (κ3) is 6.88. The van der Waals surface area contributed by atoms with Gasteiger partial charge in [0.25, 0.3) is 11.6 Å². The van der Waals surface area contributed by atoms with E-state index < -0.39 is 17.0 Å². The third-order valence-corrected chi connectivity index (χ3v) is 4.44. The highest BCUT2D eigenvalue weighted by Crippen LogP contribution is 2.18. The monoisotopic (exact) mass is 396 g/mol. The summed E-state index contributed by atoms with van der Waals surface area (Å²) in [6.45, 7) is 3.99. The Hall–Kier alpha value is -3.48. The fourth-order valence-electron chi connectivity index (χ4n) is 2.76. The van der Waals surface area contributed by atoms with Crippen LogP contribution in [0.5, 0.6) is 0 Å². The van der Waals surface area contributed by atoms with Gasteiger partial charge in [-0.2, -0.15) is 0 Å². The Balaban J connectivity index is 1.86. The third-order valence-electron chi connectivity index (χ3n) is 4.44. The number of carbonyl (C=O) groups is 2. The van der Waals surface area contributed by atoms with Crippen LogP contribution in [0.15, 0.2) is 60.7 Å². The Kier molecular flexibility index (Phi) is 8.09. The lowest BCUT2D eigenvalue weighted by Gasteiger charge is -2.18. The number of non-ortho nitro benzene ring substituents is 1. The van der Waals surface area contributed by atoms with E-state index in [1.165, 1.54) is 31.2 Å². The molecule has 0 saturated heterocycles. The van der Waals surface area contributed by atoms with Crippen LogP contribution in [0.4, 0.5) is 5.69 Å². The first-order chi connectivity index (χ1) is 13.9. The van der Waals surface area contributed by atoms with Crippen LogP contribution < -0.4 is 5.32 Å². The summed E-state index contributed by atoms with van der Waals surface area (Å²) in [6.07, 6.45) is 2.46. The van der Waals surface area contributed by atoms with Crippen molar-refractivity contribution in [1.82, 2.24) is 5.32 Å². The highest BCUT2D eigenvalue weighted by Gasteiger charge is 2.18. The lowest BCUT2D eigenvalue weighted by atomic mass is 9.96. The van der Waals surface area contributed by atoms with Crippen LogP contribution in [-0.2, 0) is 14.3 Å². The number of nitrogens with zero attached hydrogens (tertiary/aromatic N) is 1. The number of nitro benzene ring substituents is 1. The molecule has 2 aromatic rings. The van der Waals surface area contributed by atoms with Crippen molar-refractivity contribution >= 4 is 23.6 Å². The van der Waals surface area contributed by atoms with Crippen LogP contribution in [0, 0.1) is 10.1 Å². The average Bonchev–Trinajstić information content (AvgIpc) is 2.73. The summed E-state index contributed by atoms with van der Waals surface area (Å²) < 4.78 is 5.11. The van der Waals surface area contributed by atoms with E-state index in [0.717, 1.165) is 18.1 Å². The second-order valence-electron chi connectivity index (χ2n) is 6.53. The van der Waals surface area contributed by atoms with Crippen molar-refractivity contribution in [3.8, 4) is 0 Å². The molecule has 0 aromatic heterocycles. The van der Waals surface area contributed by atoms with Crippen molar-refractivity contribution in [3.63, 3.8) is 0 Å². The van der Waals surface area contributed by atoms with Crippen LogP contribution in [0.3, 0.4) is 0 Å². The maximum absolute atomic E-state index is 12.2. The van der Waals surface area contributed by atoms with Gasteiger partial charge in [-0.05, 0) is 30.5 Å². The molecule has 2 rings (SSSR count). The quantitative estimate of drug-likeness (QED) is 0.300. The molecule has 0 fully saturated rings. The lowest BCUT2D eigenvalue weighted by molar-refractivity contribution is -0.384. The molecule has 0 unspecified atom stereocenters. The number of hydrogen-bond acceptors (Lipinski definition) is 5. The van der Waals surface area contributed by atoms with Gasteiger partial charge in [-0.3, -0.25) is 14.9 Å². The van der Waals surface area contributed by atoms with Crippen molar-refractivity contribution in [1.29, 1.82) is 0 Å². The molecular formula is C22H24N2O5. The van der Waals surface area contributed by atoms with Crippen LogP contribution in [0.2, 0.25) is 0 Å². The fourth-order valence-corrected chi connectivity index (χ4v) is 2.76. The predicted octanol–water partition coefficient (Wildman–Crippen LogP) is 3.85. The molecule has 0 aliphatic heterocycles. The SMILES string of the molecule is CC[C@@H](CNC(=O)[C@H](C)OC(=O)/C=C/c1cccc([N+](=O)[O-])c1)c1ccccc1. The summed E-state index contributed by atoms with van der Waals surface area (Å²) in [7, 11) is 0. The molecule has 2 atom stereocenters. The fraction of sp³-hybridized carbons (Fsp3) is 0.273. The predicted molar refractivity (Wildman–Crippen MR) is 110 cm³/mol. The topological polar surface area (TPSA) is 98.5 Å². The molecule has 7 nitrogen and oxygen atoms in total. The van der Waals surface area contributed by atoms with Gasteiger partial charge in [0.1, 0.15) is 0 Å². The van der Waals surface area contributed by atoms with Gasteiger partial charge < -0.3 is 10.1 Å². The van der Waals surface area contributed by atoms with Crippen molar-refractivity contribution in [2.24, 2.45) is 0 Å². The maximum Gasteiger partial charge on any atom is 0.331 e. The molecule has 2 aromatic carbocycles. The molecule has 29 heavy (non-hydrogen) atoms. The standard InChI is InChI=1S/C22H24N2O5/c1-3-18(19-9-5-4-6-10-19)15-23-22(26)16(2)29-21(25)13-12-17-8-7-11-20(14-17)24(27)28/h4-14,16,18H,3,15H2,1-2H3,(H,23,26)/b13-12+/t16-,18-/m0/s1. The largest absolute Gasteiger partial charge is 0.449 e. The van der Waals surface area contributed by atoms with Gasteiger partial charge in [0.15, 0.2) is 6.10 Å². The number of hydrogen-bond donors (Lipinski definition) is 1. The lowest BCUT2D eigenvalue weighted by Crippen LogP contribution is -2.37. The number of ether oxygens (including phenoxy) is 1. The number of amides is 1. The Morgan fingerprint density at radius 3 is 2.55 bits per heavy atom. The molecule has 0 saturated carbocycles. The molecule has 1 amide bonds. The molecule has 0 radical (unpaired) electrons. The Bertz CT molecular complexity index is 880. The van der Waals surface area contributed by atoms with E-state index in [0.29, 0.717) is 12.1 Å². The molecule has 0 heterocycles. The number of esters is 1. The molecular weight excluding hydrogens is 372 g/mol. The van der Waals surface area contributed by atoms with E-state index in [4.69, 9.17) is 4.74 Å². The van der Waals surface area contributed by atoms with Crippen molar-refractivity contribution < 1.29 is 19.2 Å². The zero-order valence-electron chi connectivity index (χ0n) is 16.4. The second-order valence-corrected chi connectivity index (χ2v) is 6.53. The summed E-state index contributed by atoms with van der Waals surface area (Å²) in [5.74, 6) is -0.900. The molecule has 7 heteroatoms. The summed E-state index contributed by atoms with van der Waals surface area (Å²) in [6, 6.07) is 15.7. The van der Waals surface area contributed by atoms with Crippen LogP contribution in [0.1, 0.15) is 37.3 Å². The average molecular weight is 396 g/mol. The first-order valence-corrected chi connectivity index (χ1v) is 9.36. The van der Waals surface area contributed by atoms with E-state index in [2.05, 4.69) is 5.32 Å². The van der Waals surface area contributed by atoms with Crippen molar-refractivity contribution in [2.45, 2.75) is 32.3 Å². The van der Waals surface area contributed by atoms with Gasteiger partial charge in [-0.15, -0.1) is 0 Å². The minimum Gasteiger partial charge on any atom is -0.449 e. The second kappa shape index (κ2) is 10.8. The molecule has 0 bridgehead atoms. The maximum atomic E-state index is 12.2. The molecule has 1 N–H and O–H groups in total. The van der Waals surface area contributed by atoms with E-state index in [1.807, 2.05) is 37.3 Å². The van der Waals surface area contributed by atoms with Gasteiger partial charge in [0.2, 0.25) is 0 Å². The zero-order valence-corrected chi connectivity index (χ0v) is 16.4. The van der Waals surface area contributed by atoms with E-state index >= 15 is 0 Å². The van der Waals surface area contributed by atoms with Crippen molar-refractivity contribution in [3.05, 3.63) is 81.9 Å². The summed E-state index contributed by atoms with van der Waals surface area (Å²) in [5, 5.41) is 13.6. The van der Waals surface area contributed by atoms with Crippen LogP contribution >= 0.6 is 0 Å². The zero-order chi connectivity index (χ0) is 21.2. The number of benzene rings is 2. The van der Waals surface area contributed by atoms with Gasteiger partial charge in [-0.25, -0.2) is 4.79 Å². The molecule has 0 aliphatic rings. The summed E-state index contributed by atoms with van der Waals surface area (Å²) in [4.78, 5) is 34.4. The van der Waals surface area contributed by atoms with Gasteiger partial charge >= 0.3 is 5.97 Å². The summed E-state index contributed by atoms with van der Waals surface area (Å²) in [5.41, 5.74) is 1.55. The van der Waals surface area contributed by atoms with E-state index in [-0.39, 0.29) is 17.5 Å². The molecule has 152 valence electrons. The van der Waals surface area contributed by atoms with Crippen LogP contribution in [0.25, 0.3) is 6.08 Å². The van der Waals surface area contributed by atoms with E-state index in [9.17, 15) is 19.7 Å². The smallest absolute Gasteiger partial charge is 0.331 e. The number of carbonyl (C=O) groups excluding carboxylic acids is 2. The van der Waals surface area contributed by atoms with E-state index in [1.54, 1.807) is 6.07 Å². The van der Waals surface area contributed by atoms with Gasteiger partial charge in [-0.1, -0.05) is 49.4 Å². The Morgan fingerprint density at radius 2 is 1.90 bits per heavy atom. The first-order valence-electron chi connectivity index (χ1n) is 9.36. The highest BCUT2D eigenvalue weighted by atomic mass is 16.6. The Labute approximate surface area is 169 Å².